The highest BCUT2D eigenvalue weighted by Crippen LogP contribution is 2.30. The predicted octanol–water partition coefficient (Wildman–Crippen LogP) is 2.67. The maximum Gasteiger partial charge on any atom is 0.309 e. The van der Waals surface area contributed by atoms with Crippen LogP contribution in [0.4, 0.5) is 0 Å². The second-order valence-electron chi connectivity index (χ2n) is 4.69. The van der Waals surface area contributed by atoms with Crippen LogP contribution in [0, 0.1) is 5.92 Å². The van der Waals surface area contributed by atoms with E-state index in [0.717, 1.165) is 6.42 Å². The number of hydrogen-bond acceptors (Lipinski definition) is 2. The number of hydrogen-bond donors (Lipinski definition) is 1. The summed E-state index contributed by atoms with van der Waals surface area (Å²) in [6, 6.07) is 10.2. The highest BCUT2D eigenvalue weighted by molar-refractivity contribution is 5.71. The predicted molar refractivity (Wildman–Crippen MR) is 65.0 cm³/mol. The first kappa shape index (κ1) is 12.1. The number of ether oxygens (including phenoxy) is 1. The van der Waals surface area contributed by atoms with Crippen LogP contribution in [-0.2, 0) is 9.53 Å². The van der Waals surface area contributed by atoms with Crippen molar-refractivity contribution in [2.24, 2.45) is 5.92 Å². The SMILES string of the molecule is CC(CC1OCCC1C(=O)O)c1ccccc1. The summed E-state index contributed by atoms with van der Waals surface area (Å²) in [5.41, 5.74) is 1.24. The lowest BCUT2D eigenvalue weighted by Gasteiger charge is -2.19. The van der Waals surface area contributed by atoms with Crippen LogP contribution < -0.4 is 0 Å². The molecule has 0 aliphatic carbocycles. The summed E-state index contributed by atoms with van der Waals surface area (Å²) in [5, 5.41) is 9.09. The normalized spacial score (nSPS) is 25.7. The first-order valence-corrected chi connectivity index (χ1v) is 6.08. The van der Waals surface area contributed by atoms with Crippen LogP contribution >= 0.6 is 0 Å². The lowest BCUT2D eigenvalue weighted by Crippen LogP contribution is -2.25. The van der Waals surface area contributed by atoms with Crippen molar-refractivity contribution in [1.82, 2.24) is 0 Å². The van der Waals surface area contributed by atoms with E-state index in [1.807, 2.05) is 18.2 Å². The molecule has 0 amide bonds. The number of aliphatic carboxylic acids is 1. The monoisotopic (exact) mass is 234 g/mol. The number of carboxylic acid groups (broad SMARTS) is 1. The summed E-state index contributed by atoms with van der Waals surface area (Å²) < 4.78 is 5.54. The van der Waals surface area contributed by atoms with Crippen LogP contribution in [0.25, 0.3) is 0 Å². The van der Waals surface area contributed by atoms with E-state index in [-0.39, 0.29) is 12.0 Å². The van der Waals surface area contributed by atoms with Crippen molar-refractivity contribution in [1.29, 1.82) is 0 Å². The molecule has 1 fully saturated rings. The molecule has 1 N–H and O–H groups in total. The zero-order valence-electron chi connectivity index (χ0n) is 10.0. The van der Waals surface area contributed by atoms with Crippen LogP contribution in [0.15, 0.2) is 30.3 Å². The van der Waals surface area contributed by atoms with E-state index in [2.05, 4.69) is 19.1 Å². The minimum absolute atomic E-state index is 0.136. The molecule has 3 atom stereocenters. The van der Waals surface area contributed by atoms with E-state index in [9.17, 15) is 4.79 Å². The van der Waals surface area contributed by atoms with Crippen molar-refractivity contribution in [3.05, 3.63) is 35.9 Å². The number of benzene rings is 1. The molecule has 0 radical (unpaired) electrons. The third-order valence-electron chi connectivity index (χ3n) is 3.48. The number of carboxylic acids is 1. The molecule has 0 saturated carbocycles. The first-order valence-electron chi connectivity index (χ1n) is 6.08. The molecule has 0 spiro atoms. The molecule has 1 aromatic carbocycles. The molecule has 2 rings (SSSR count). The Labute approximate surface area is 101 Å². The van der Waals surface area contributed by atoms with Crippen molar-refractivity contribution in [3.63, 3.8) is 0 Å². The van der Waals surface area contributed by atoms with Gasteiger partial charge in [-0.3, -0.25) is 4.79 Å². The van der Waals surface area contributed by atoms with Gasteiger partial charge in [0.05, 0.1) is 12.0 Å². The van der Waals surface area contributed by atoms with Gasteiger partial charge >= 0.3 is 5.97 Å². The Morgan fingerprint density at radius 3 is 2.82 bits per heavy atom. The topological polar surface area (TPSA) is 46.5 Å². The number of rotatable bonds is 4. The Hall–Kier alpha value is -1.35. The van der Waals surface area contributed by atoms with Crippen molar-refractivity contribution >= 4 is 5.97 Å². The molecular formula is C14H18O3. The summed E-state index contributed by atoms with van der Waals surface area (Å²) >= 11 is 0. The molecule has 3 unspecified atom stereocenters. The second-order valence-corrected chi connectivity index (χ2v) is 4.69. The van der Waals surface area contributed by atoms with Crippen molar-refractivity contribution in [2.45, 2.75) is 31.8 Å². The van der Waals surface area contributed by atoms with Crippen LogP contribution in [0.2, 0.25) is 0 Å². The maximum atomic E-state index is 11.0. The molecule has 3 nitrogen and oxygen atoms in total. The molecule has 17 heavy (non-hydrogen) atoms. The average Bonchev–Trinajstić information content (AvgIpc) is 2.78. The van der Waals surface area contributed by atoms with E-state index in [1.165, 1.54) is 5.56 Å². The van der Waals surface area contributed by atoms with E-state index >= 15 is 0 Å². The Balaban J connectivity index is 1.99. The van der Waals surface area contributed by atoms with Gasteiger partial charge < -0.3 is 9.84 Å². The Bertz CT molecular complexity index is 374. The third-order valence-corrected chi connectivity index (χ3v) is 3.48. The van der Waals surface area contributed by atoms with E-state index in [0.29, 0.717) is 18.9 Å². The first-order chi connectivity index (χ1) is 8.18. The lowest BCUT2D eigenvalue weighted by atomic mass is 9.89. The van der Waals surface area contributed by atoms with Crippen molar-refractivity contribution in [2.75, 3.05) is 6.61 Å². The number of carbonyl (C=O) groups is 1. The van der Waals surface area contributed by atoms with Crippen LogP contribution in [0.5, 0.6) is 0 Å². The summed E-state index contributed by atoms with van der Waals surface area (Å²) in [5.74, 6) is -0.727. The van der Waals surface area contributed by atoms with Crippen LogP contribution in [0.1, 0.15) is 31.2 Å². The fourth-order valence-electron chi connectivity index (χ4n) is 2.43. The zero-order valence-corrected chi connectivity index (χ0v) is 10.0. The minimum Gasteiger partial charge on any atom is -0.481 e. The fourth-order valence-corrected chi connectivity index (χ4v) is 2.43. The molecule has 1 heterocycles. The largest absolute Gasteiger partial charge is 0.481 e. The molecule has 92 valence electrons. The van der Waals surface area contributed by atoms with Gasteiger partial charge in [-0.25, -0.2) is 0 Å². The van der Waals surface area contributed by atoms with E-state index in [4.69, 9.17) is 9.84 Å². The Morgan fingerprint density at radius 1 is 1.47 bits per heavy atom. The Kier molecular flexibility index (Phi) is 3.79. The quantitative estimate of drug-likeness (QED) is 0.871. The molecule has 1 aliphatic rings. The molecule has 0 bridgehead atoms. The van der Waals surface area contributed by atoms with Gasteiger partial charge in [0, 0.05) is 6.61 Å². The molecule has 3 heteroatoms. The minimum atomic E-state index is -0.729. The van der Waals surface area contributed by atoms with Gasteiger partial charge in [0.25, 0.3) is 0 Å². The molecular weight excluding hydrogens is 216 g/mol. The van der Waals surface area contributed by atoms with Gasteiger partial charge in [0.2, 0.25) is 0 Å². The van der Waals surface area contributed by atoms with Crippen molar-refractivity contribution < 1.29 is 14.6 Å². The zero-order chi connectivity index (χ0) is 12.3. The second kappa shape index (κ2) is 5.32. The summed E-state index contributed by atoms with van der Waals surface area (Å²) in [6.07, 6.45) is 1.28. The standard InChI is InChI=1S/C14H18O3/c1-10(11-5-3-2-4-6-11)9-13-12(14(15)16)7-8-17-13/h2-6,10,12-13H,7-9H2,1H3,(H,15,16). The van der Waals surface area contributed by atoms with Crippen LogP contribution in [-0.4, -0.2) is 23.8 Å². The fraction of sp³-hybridized carbons (Fsp3) is 0.500. The van der Waals surface area contributed by atoms with Gasteiger partial charge in [0.15, 0.2) is 0 Å². The average molecular weight is 234 g/mol. The molecule has 1 saturated heterocycles. The lowest BCUT2D eigenvalue weighted by molar-refractivity contribution is -0.143. The van der Waals surface area contributed by atoms with Crippen molar-refractivity contribution in [3.8, 4) is 0 Å². The van der Waals surface area contributed by atoms with Crippen LogP contribution in [0.3, 0.4) is 0 Å². The van der Waals surface area contributed by atoms with Gasteiger partial charge in [-0.2, -0.15) is 0 Å². The van der Waals surface area contributed by atoms with Gasteiger partial charge in [0.1, 0.15) is 0 Å². The Morgan fingerprint density at radius 2 is 2.18 bits per heavy atom. The van der Waals surface area contributed by atoms with E-state index in [1.54, 1.807) is 0 Å². The highest BCUT2D eigenvalue weighted by Gasteiger charge is 2.34. The molecule has 1 aromatic rings. The van der Waals surface area contributed by atoms with Gasteiger partial charge in [-0.15, -0.1) is 0 Å². The van der Waals surface area contributed by atoms with Gasteiger partial charge in [-0.1, -0.05) is 37.3 Å². The van der Waals surface area contributed by atoms with E-state index < -0.39 is 5.97 Å². The molecule has 1 aliphatic heterocycles. The summed E-state index contributed by atoms with van der Waals surface area (Å²) in [6.45, 7) is 2.69. The smallest absolute Gasteiger partial charge is 0.309 e. The molecule has 0 aromatic heterocycles. The summed E-state index contributed by atoms with van der Waals surface area (Å²) in [7, 11) is 0. The maximum absolute atomic E-state index is 11.0. The highest BCUT2D eigenvalue weighted by atomic mass is 16.5. The summed E-state index contributed by atoms with van der Waals surface area (Å²) in [4.78, 5) is 11.0. The third kappa shape index (κ3) is 2.86. The van der Waals surface area contributed by atoms with Gasteiger partial charge in [-0.05, 0) is 24.3 Å².